The summed E-state index contributed by atoms with van der Waals surface area (Å²) >= 11 is 1.84. The van der Waals surface area contributed by atoms with Crippen molar-refractivity contribution in [1.82, 2.24) is 19.5 Å². The minimum absolute atomic E-state index is 0.604. The Hall–Kier alpha value is -7.99. The predicted octanol–water partition coefficient (Wildman–Crippen LogP) is 16.0. The molecule has 0 fully saturated rings. The maximum absolute atomic E-state index is 5.36. The monoisotopic (exact) mass is 836 g/mol. The lowest BCUT2D eigenvalue weighted by molar-refractivity contribution is 1.06. The van der Waals surface area contributed by atoms with Gasteiger partial charge in [0.1, 0.15) is 0 Å². The smallest absolute Gasteiger partial charge is 0.166 e. The molecule has 0 saturated heterocycles. The van der Waals surface area contributed by atoms with E-state index in [1.54, 1.807) is 0 Å². The first-order valence-corrected chi connectivity index (χ1v) is 22.5. The second kappa shape index (κ2) is 15.4. The number of rotatable bonds is 7. The third-order valence-electron chi connectivity index (χ3n) is 12.4. The highest BCUT2D eigenvalue weighted by molar-refractivity contribution is 7.25. The Morgan fingerprint density at radius 1 is 0.328 bits per heavy atom. The van der Waals surface area contributed by atoms with E-state index in [1.807, 2.05) is 47.7 Å². The van der Waals surface area contributed by atoms with E-state index in [0.717, 1.165) is 55.7 Å². The van der Waals surface area contributed by atoms with E-state index in [2.05, 4.69) is 188 Å². The van der Waals surface area contributed by atoms with Gasteiger partial charge in [0.2, 0.25) is 0 Å². The molecule has 0 saturated carbocycles. The molecule has 4 nitrogen and oxygen atoms in total. The SMILES string of the molecule is Cc1cccc(-c2ccc3c4ccc(-c5cccc(C)c5)cc4n(-c4ccc(-c5ccc6c(c5)sc5ccccc56)cc4-c4nc(-c5ccccc5)nc(-c5ccccc5)n4)c3c2)c1. The van der Waals surface area contributed by atoms with Crippen LogP contribution in [0.15, 0.2) is 206 Å². The Morgan fingerprint density at radius 2 is 0.781 bits per heavy atom. The number of fused-ring (bicyclic) bond motifs is 6. The summed E-state index contributed by atoms with van der Waals surface area (Å²) in [5, 5.41) is 4.92. The van der Waals surface area contributed by atoms with Gasteiger partial charge in [-0.1, -0.05) is 181 Å². The molecule has 302 valence electrons. The zero-order valence-electron chi connectivity index (χ0n) is 35.3. The minimum atomic E-state index is 0.604. The third-order valence-corrected chi connectivity index (χ3v) is 13.5. The normalized spacial score (nSPS) is 11.6. The fourth-order valence-corrected chi connectivity index (χ4v) is 10.4. The molecule has 3 aromatic heterocycles. The third kappa shape index (κ3) is 6.66. The van der Waals surface area contributed by atoms with Crippen molar-refractivity contribution in [3.05, 3.63) is 217 Å². The molecule has 12 aromatic rings. The fraction of sp³-hybridized carbons (Fsp3) is 0.0339. The van der Waals surface area contributed by atoms with Crippen molar-refractivity contribution < 1.29 is 0 Å². The van der Waals surface area contributed by atoms with Gasteiger partial charge in [-0.15, -0.1) is 11.3 Å². The molecule has 5 heteroatoms. The summed E-state index contributed by atoms with van der Waals surface area (Å²) in [6.45, 7) is 4.31. The first kappa shape index (κ1) is 37.7. The van der Waals surface area contributed by atoms with Gasteiger partial charge in [0.05, 0.1) is 16.7 Å². The topological polar surface area (TPSA) is 43.6 Å². The second-order valence-electron chi connectivity index (χ2n) is 16.6. The zero-order valence-corrected chi connectivity index (χ0v) is 36.1. The maximum atomic E-state index is 5.36. The van der Waals surface area contributed by atoms with Crippen molar-refractivity contribution in [2.75, 3.05) is 0 Å². The van der Waals surface area contributed by atoms with Gasteiger partial charge in [-0.05, 0) is 83.6 Å². The minimum Gasteiger partial charge on any atom is -0.308 e. The molecule has 0 atom stereocenters. The molecule has 12 rings (SSSR count). The van der Waals surface area contributed by atoms with E-state index in [-0.39, 0.29) is 0 Å². The molecule has 0 spiro atoms. The highest BCUT2D eigenvalue weighted by atomic mass is 32.1. The average molecular weight is 837 g/mol. The summed E-state index contributed by atoms with van der Waals surface area (Å²) in [6, 6.07) is 74.1. The predicted molar refractivity (Wildman–Crippen MR) is 269 cm³/mol. The molecule has 0 aliphatic heterocycles. The molecule has 0 unspecified atom stereocenters. The summed E-state index contributed by atoms with van der Waals surface area (Å²) in [4.78, 5) is 15.8. The van der Waals surface area contributed by atoms with Crippen molar-refractivity contribution in [2.24, 2.45) is 0 Å². The van der Waals surface area contributed by atoms with Gasteiger partial charge in [0.15, 0.2) is 17.5 Å². The summed E-state index contributed by atoms with van der Waals surface area (Å²) < 4.78 is 4.99. The van der Waals surface area contributed by atoms with Gasteiger partial charge in [-0.25, -0.2) is 15.0 Å². The van der Waals surface area contributed by atoms with Crippen LogP contribution in [0.3, 0.4) is 0 Å². The number of nitrogens with zero attached hydrogens (tertiary/aromatic N) is 4. The fourth-order valence-electron chi connectivity index (χ4n) is 9.21. The second-order valence-corrected chi connectivity index (χ2v) is 17.7. The van der Waals surface area contributed by atoms with Crippen molar-refractivity contribution in [3.8, 4) is 73.2 Å². The number of aromatic nitrogens is 4. The summed E-state index contributed by atoms with van der Waals surface area (Å²) in [6.07, 6.45) is 0. The van der Waals surface area contributed by atoms with Gasteiger partial charge < -0.3 is 4.57 Å². The molecular formula is C59H40N4S. The quantitative estimate of drug-likeness (QED) is 0.161. The lowest BCUT2D eigenvalue weighted by atomic mass is 9.99. The van der Waals surface area contributed by atoms with Crippen LogP contribution in [0.4, 0.5) is 0 Å². The van der Waals surface area contributed by atoms with Crippen molar-refractivity contribution in [3.63, 3.8) is 0 Å². The van der Waals surface area contributed by atoms with E-state index in [0.29, 0.717) is 17.5 Å². The Balaban J connectivity index is 1.17. The van der Waals surface area contributed by atoms with Crippen LogP contribution in [-0.4, -0.2) is 19.5 Å². The Morgan fingerprint density at radius 3 is 1.38 bits per heavy atom. The lowest BCUT2D eigenvalue weighted by Crippen LogP contribution is -2.04. The molecule has 3 heterocycles. The molecule has 64 heavy (non-hydrogen) atoms. The van der Waals surface area contributed by atoms with Gasteiger partial charge >= 0.3 is 0 Å². The van der Waals surface area contributed by atoms with E-state index in [4.69, 9.17) is 15.0 Å². The van der Waals surface area contributed by atoms with E-state index in [9.17, 15) is 0 Å². The highest BCUT2D eigenvalue weighted by Crippen LogP contribution is 2.42. The van der Waals surface area contributed by atoms with Crippen molar-refractivity contribution >= 4 is 53.3 Å². The molecule has 0 N–H and O–H groups in total. The summed E-state index contributed by atoms with van der Waals surface area (Å²) in [5.41, 5.74) is 15.3. The molecule has 9 aromatic carbocycles. The van der Waals surface area contributed by atoms with Gasteiger partial charge in [-0.3, -0.25) is 0 Å². The number of hydrogen-bond acceptors (Lipinski definition) is 4. The van der Waals surface area contributed by atoms with Crippen LogP contribution >= 0.6 is 11.3 Å². The molecule has 0 aliphatic rings. The van der Waals surface area contributed by atoms with Crippen LogP contribution < -0.4 is 0 Å². The molecule has 0 bridgehead atoms. The highest BCUT2D eigenvalue weighted by Gasteiger charge is 2.22. The number of thiophene rings is 1. The maximum Gasteiger partial charge on any atom is 0.166 e. The lowest BCUT2D eigenvalue weighted by Gasteiger charge is -2.17. The van der Waals surface area contributed by atoms with E-state index >= 15 is 0 Å². The first-order chi connectivity index (χ1) is 31.5. The molecule has 0 aliphatic carbocycles. The van der Waals surface area contributed by atoms with Crippen LogP contribution in [-0.2, 0) is 0 Å². The Kier molecular flexibility index (Phi) is 9.09. The number of benzene rings is 9. The zero-order chi connectivity index (χ0) is 42.7. The van der Waals surface area contributed by atoms with Crippen LogP contribution in [0.5, 0.6) is 0 Å². The molecule has 0 amide bonds. The van der Waals surface area contributed by atoms with Crippen LogP contribution in [0, 0.1) is 13.8 Å². The number of aryl methyl sites for hydroxylation is 2. The van der Waals surface area contributed by atoms with Crippen LogP contribution in [0.1, 0.15) is 11.1 Å². The molecular weight excluding hydrogens is 797 g/mol. The van der Waals surface area contributed by atoms with Gasteiger partial charge in [-0.2, -0.15) is 0 Å². The van der Waals surface area contributed by atoms with E-state index < -0.39 is 0 Å². The Labute approximate surface area is 375 Å². The van der Waals surface area contributed by atoms with Crippen molar-refractivity contribution in [1.29, 1.82) is 0 Å². The standard InChI is InChI=1S/C59H40N4S/c1-37-13-11-19-41(31-37)44-23-27-47-48-28-24-45(42-20-12-14-38(2)32-42)35-54(48)63(53(47)34-44)52-30-26-43(46-25-29-50-49-21-9-10-22-55(49)64-56(50)36-46)33-51(52)59-61-57(39-15-5-3-6-16-39)60-58(62-59)40-17-7-4-8-18-40/h3-36H,1-2H3. The van der Waals surface area contributed by atoms with Crippen molar-refractivity contribution in [2.45, 2.75) is 13.8 Å². The largest absolute Gasteiger partial charge is 0.308 e. The average Bonchev–Trinajstić information content (AvgIpc) is 3.88. The van der Waals surface area contributed by atoms with E-state index in [1.165, 1.54) is 53.2 Å². The first-order valence-electron chi connectivity index (χ1n) is 21.7. The summed E-state index contributed by atoms with van der Waals surface area (Å²) in [7, 11) is 0. The summed E-state index contributed by atoms with van der Waals surface area (Å²) in [5.74, 6) is 1.85. The van der Waals surface area contributed by atoms with Crippen LogP contribution in [0.25, 0.3) is 115 Å². The van der Waals surface area contributed by atoms with Gasteiger partial charge in [0.25, 0.3) is 0 Å². The number of hydrogen-bond donors (Lipinski definition) is 0. The molecule has 0 radical (unpaired) electrons. The van der Waals surface area contributed by atoms with Crippen LogP contribution in [0.2, 0.25) is 0 Å². The van der Waals surface area contributed by atoms with Gasteiger partial charge in [0, 0.05) is 47.6 Å². The Bertz CT molecular complexity index is 3590.